The Labute approximate surface area is 157 Å². The zero-order valence-corrected chi connectivity index (χ0v) is 16.6. The number of fused-ring (bicyclic) bond motifs is 1. The normalized spacial score (nSPS) is 17.0. The van der Waals surface area contributed by atoms with Gasteiger partial charge in [-0.15, -0.1) is 0 Å². The van der Waals surface area contributed by atoms with Gasteiger partial charge in [0, 0.05) is 6.54 Å². The smallest absolute Gasteiger partial charge is 0.382 e. The second kappa shape index (κ2) is 8.89. The van der Waals surface area contributed by atoms with Crippen molar-refractivity contribution in [1.82, 2.24) is 19.5 Å². The number of aromatic nitrogens is 4. The first-order chi connectivity index (χ1) is 12.9. The summed E-state index contributed by atoms with van der Waals surface area (Å²) >= 11 is 0. The standard InChI is InChI=1S/C10H16N5O10P3/c11-9-8-10(13-6-12-9)15(7-14-8)4-2-1-3-5-23-27(19,20)25-28(21,22)24-26(16,17)18/h1-2,6-7H,3-5H2,(H,19,20)(H,21,22)(H2,11,12,13)(H2,16,17,18)/b2-1-. The molecule has 0 aliphatic carbocycles. The number of hydrogen-bond donors (Lipinski definition) is 5. The first-order valence-electron chi connectivity index (χ1n) is 7.23. The lowest BCUT2D eigenvalue weighted by Crippen LogP contribution is -1.98. The highest BCUT2D eigenvalue weighted by Gasteiger charge is 2.40. The highest BCUT2D eigenvalue weighted by atomic mass is 31.3. The third-order valence-electron chi connectivity index (χ3n) is 2.85. The monoisotopic (exact) mass is 459 g/mol. The van der Waals surface area contributed by atoms with Crippen molar-refractivity contribution in [3.05, 3.63) is 24.8 Å². The molecule has 0 saturated heterocycles. The lowest BCUT2D eigenvalue weighted by atomic mass is 10.4. The summed E-state index contributed by atoms with van der Waals surface area (Å²) in [5.74, 6) is 0.240. The van der Waals surface area contributed by atoms with Crippen LogP contribution < -0.4 is 5.73 Å². The van der Waals surface area contributed by atoms with E-state index in [0.717, 1.165) is 0 Å². The molecule has 0 bridgehead atoms. The number of phosphoric acid groups is 3. The van der Waals surface area contributed by atoms with Gasteiger partial charge in [0.15, 0.2) is 11.5 Å². The van der Waals surface area contributed by atoms with Crippen molar-refractivity contribution in [1.29, 1.82) is 0 Å². The van der Waals surface area contributed by atoms with Gasteiger partial charge in [0.2, 0.25) is 0 Å². The highest BCUT2D eigenvalue weighted by molar-refractivity contribution is 7.66. The number of allylic oxidation sites excluding steroid dienone is 1. The van der Waals surface area contributed by atoms with Crippen LogP contribution in [0.1, 0.15) is 6.42 Å². The topological polar surface area (TPSA) is 229 Å². The van der Waals surface area contributed by atoms with E-state index in [0.29, 0.717) is 17.7 Å². The molecule has 2 unspecified atom stereocenters. The molecule has 6 N–H and O–H groups in total. The Morgan fingerprint density at radius 2 is 1.75 bits per heavy atom. The van der Waals surface area contributed by atoms with E-state index in [2.05, 4.69) is 28.1 Å². The van der Waals surface area contributed by atoms with Crippen molar-refractivity contribution < 1.29 is 46.4 Å². The number of phosphoric ester groups is 1. The molecular weight excluding hydrogens is 443 g/mol. The van der Waals surface area contributed by atoms with Crippen LogP contribution in [0.2, 0.25) is 0 Å². The molecule has 18 heteroatoms. The van der Waals surface area contributed by atoms with Crippen LogP contribution in [0.3, 0.4) is 0 Å². The predicted octanol–water partition coefficient (Wildman–Crippen LogP) is 0.698. The zero-order chi connectivity index (χ0) is 21.0. The Kier molecular flexibility index (Phi) is 7.23. The van der Waals surface area contributed by atoms with E-state index in [1.54, 1.807) is 16.7 Å². The second-order valence-corrected chi connectivity index (χ2v) is 9.43. The summed E-state index contributed by atoms with van der Waals surface area (Å²) < 4.78 is 46.4. The quantitative estimate of drug-likeness (QED) is 0.187. The van der Waals surface area contributed by atoms with Gasteiger partial charge < -0.3 is 29.9 Å². The Morgan fingerprint density at radius 1 is 1.04 bits per heavy atom. The van der Waals surface area contributed by atoms with E-state index in [4.69, 9.17) is 20.4 Å². The van der Waals surface area contributed by atoms with Gasteiger partial charge in [0.1, 0.15) is 11.8 Å². The average molecular weight is 459 g/mol. The minimum atomic E-state index is -5.51. The van der Waals surface area contributed by atoms with Gasteiger partial charge >= 0.3 is 23.5 Å². The second-order valence-electron chi connectivity index (χ2n) is 5.01. The molecule has 2 heterocycles. The lowest BCUT2D eigenvalue weighted by Gasteiger charge is -2.15. The number of rotatable bonds is 10. The third-order valence-corrected chi connectivity index (χ3v) is 6.69. The molecule has 0 aromatic carbocycles. The van der Waals surface area contributed by atoms with Crippen LogP contribution in [0.5, 0.6) is 0 Å². The summed E-state index contributed by atoms with van der Waals surface area (Å²) in [5.41, 5.74) is 6.64. The number of nitrogens with zero attached hydrogens (tertiary/aromatic N) is 4. The molecule has 156 valence electrons. The Bertz CT molecular complexity index is 1000. The van der Waals surface area contributed by atoms with Crippen LogP contribution in [-0.2, 0) is 33.4 Å². The molecule has 28 heavy (non-hydrogen) atoms. The van der Waals surface area contributed by atoms with Crippen molar-refractivity contribution in [3.8, 4) is 0 Å². The number of anilines is 1. The van der Waals surface area contributed by atoms with E-state index >= 15 is 0 Å². The molecule has 0 aliphatic rings. The van der Waals surface area contributed by atoms with Crippen LogP contribution in [0.15, 0.2) is 24.8 Å². The highest BCUT2D eigenvalue weighted by Crippen LogP contribution is 2.66. The third kappa shape index (κ3) is 7.15. The van der Waals surface area contributed by atoms with Gasteiger partial charge in [0.25, 0.3) is 0 Å². The molecule has 2 rings (SSSR count). The summed E-state index contributed by atoms with van der Waals surface area (Å²) in [6.07, 6.45) is 6.14. The van der Waals surface area contributed by atoms with Gasteiger partial charge in [-0.3, -0.25) is 4.52 Å². The van der Waals surface area contributed by atoms with E-state index in [9.17, 15) is 18.6 Å². The minimum absolute atomic E-state index is 0.104. The fraction of sp³-hybridized carbons (Fsp3) is 0.300. The van der Waals surface area contributed by atoms with Crippen LogP contribution in [0, 0.1) is 0 Å². The maximum absolute atomic E-state index is 11.5. The van der Waals surface area contributed by atoms with E-state index in [1.807, 2.05) is 0 Å². The Balaban J connectivity index is 1.81. The van der Waals surface area contributed by atoms with E-state index in [-0.39, 0.29) is 12.2 Å². The Hall–Kier alpha value is -1.50. The van der Waals surface area contributed by atoms with Crippen LogP contribution in [0.4, 0.5) is 5.82 Å². The lowest BCUT2D eigenvalue weighted by molar-refractivity contribution is 0.174. The predicted molar refractivity (Wildman–Crippen MR) is 93.3 cm³/mol. The molecule has 0 saturated carbocycles. The average Bonchev–Trinajstić information content (AvgIpc) is 2.91. The van der Waals surface area contributed by atoms with Gasteiger partial charge in [0.05, 0.1) is 12.9 Å². The van der Waals surface area contributed by atoms with Gasteiger partial charge in [-0.25, -0.2) is 28.6 Å². The molecule has 2 atom stereocenters. The first kappa shape index (κ1) is 22.8. The summed E-state index contributed by atoms with van der Waals surface area (Å²) in [4.78, 5) is 47.1. The zero-order valence-electron chi connectivity index (χ0n) is 13.9. The molecule has 0 spiro atoms. The van der Waals surface area contributed by atoms with Crippen molar-refractivity contribution in [3.63, 3.8) is 0 Å². The summed E-state index contributed by atoms with van der Waals surface area (Å²) in [6, 6.07) is 0. The summed E-state index contributed by atoms with van der Waals surface area (Å²) in [6.45, 7) is -0.0534. The van der Waals surface area contributed by atoms with Crippen molar-refractivity contribution in [2.75, 3.05) is 12.3 Å². The summed E-state index contributed by atoms with van der Waals surface area (Å²) in [7, 11) is -16.0. The maximum Gasteiger partial charge on any atom is 0.490 e. The minimum Gasteiger partial charge on any atom is -0.382 e. The van der Waals surface area contributed by atoms with Crippen molar-refractivity contribution >= 4 is 40.4 Å². The van der Waals surface area contributed by atoms with Gasteiger partial charge in [-0.05, 0) is 6.42 Å². The van der Waals surface area contributed by atoms with Crippen LogP contribution >= 0.6 is 23.5 Å². The largest absolute Gasteiger partial charge is 0.490 e. The molecule has 15 nitrogen and oxygen atoms in total. The Morgan fingerprint density at radius 3 is 2.43 bits per heavy atom. The maximum atomic E-state index is 11.5. The van der Waals surface area contributed by atoms with Crippen LogP contribution in [-0.4, -0.2) is 45.7 Å². The fourth-order valence-electron chi connectivity index (χ4n) is 1.88. The van der Waals surface area contributed by atoms with Gasteiger partial charge in [-0.2, -0.15) is 8.62 Å². The van der Waals surface area contributed by atoms with Crippen LogP contribution in [0.25, 0.3) is 11.2 Å². The van der Waals surface area contributed by atoms with Crippen molar-refractivity contribution in [2.45, 2.75) is 13.0 Å². The number of imidazole rings is 1. The van der Waals surface area contributed by atoms with E-state index < -0.39 is 30.1 Å². The van der Waals surface area contributed by atoms with Crippen molar-refractivity contribution in [2.24, 2.45) is 0 Å². The van der Waals surface area contributed by atoms with Gasteiger partial charge in [-0.1, -0.05) is 12.2 Å². The molecule has 0 fully saturated rings. The fourth-order valence-corrected chi connectivity index (χ4v) is 4.91. The molecule has 0 amide bonds. The van der Waals surface area contributed by atoms with E-state index in [1.165, 1.54) is 12.7 Å². The molecular formula is C10H16N5O10P3. The molecule has 0 aliphatic heterocycles. The first-order valence-corrected chi connectivity index (χ1v) is 11.8. The number of nitrogen functional groups attached to an aromatic ring is 1. The molecule has 2 aromatic heterocycles. The number of nitrogens with two attached hydrogens (primary N) is 1. The molecule has 0 radical (unpaired) electrons. The SMILES string of the molecule is Nc1ncnc2c1ncn2C/C=C\CCOP(=O)(O)OP(=O)(O)OP(=O)(O)O. The molecule has 2 aromatic rings. The summed E-state index contributed by atoms with van der Waals surface area (Å²) in [5, 5.41) is 0. The number of hydrogen-bond acceptors (Lipinski definition) is 10.